The van der Waals surface area contributed by atoms with E-state index in [1.165, 1.54) is 10.5 Å². The van der Waals surface area contributed by atoms with Gasteiger partial charge in [0.1, 0.15) is 6.54 Å². The van der Waals surface area contributed by atoms with E-state index >= 15 is 0 Å². The van der Waals surface area contributed by atoms with Gasteiger partial charge in [0.25, 0.3) is 10.2 Å². The van der Waals surface area contributed by atoms with Gasteiger partial charge < -0.3 is 19.3 Å². The second-order valence-corrected chi connectivity index (χ2v) is 11.9. The first-order valence-corrected chi connectivity index (χ1v) is 14.0. The average molecular weight is 494 g/mol. The number of carbonyl (C=O) groups excluding carboxylic acids is 1. The molecular weight excluding hydrogens is 456 g/mol. The zero-order valence-electron chi connectivity index (χ0n) is 19.9. The zero-order valence-corrected chi connectivity index (χ0v) is 20.7. The van der Waals surface area contributed by atoms with Gasteiger partial charge in [0.05, 0.1) is 39.4 Å². The minimum absolute atomic E-state index is 0.0768. The third-order valence-electron chi connectivity index (χ3n) is 7.83. The van der Waals surface area contributed by atoms with Crippen LogP contribution in [0.5, 0.6) is 0 Å². The number of benzene rings is 1. The molecule has 0 bridgehead atoms. The standard InChI is InChI=1S/C24H36N4O5S/c29-23(26-16-14-25(15-17-26)20-21-4-2-1-3-5-21)22-6-10-27(11-7-22)34(30,31)28-12-8-24(9-13-28)32-18-19-33-24/h1-5,22H,6-20H2/p+1. The molecule has 1 aromatic carbocycles. The van der Waals surface area contributed by atoms with E-state index in [1.807, 2.05) is 11.0 Å². The topological polar surface area (TPSA) is 83.8 Å². The molecule has 4 fully saturated rings. The molecule has 188 valence electrons. The van der Waals surface area contributed by atoms with Crippen LogP contribution in [0.1, 0.15) is 31.2 Å². The maximum Gasteiger partial charge on any atom is 0.281 e. The highest BCUT2D eigenvalue weighted by Gasteiger charge is 2.44. The Morgan fingerprint density at radius 2 is 1.50 bits per heavy atom. The van der Waals surface area contributed by atoms with E-state index in [0.29, 0.717) is 65.1 Å². The van der Waals surface area contributed by atoms with Crippen LogP contribution in [-0.4, -0.2) is 99.2 Å². The molecule has 4 aliphatic heterocycles. The molecule has 5 rings (SSSR count). The van der Waals surface area contributed by atoms with Crippen LogP contribution in [0.3, 0.4) is 0 Å². The van der Waals surface area contributed by atoms with E-state index in [0.717, 1.165) is 32.7 Å². The number of nitrogens with one attached hydrogen (secondary N) is 1. The van der Waals surface area contributed by atoms with Gasteiger partial charge in [-0.05, 0) is 12.8 Å². The Morgan fingerprint density at radius 1 is 0.912 bits per heavy atom. The van der Waals surface area contributed by atoms with Gasteiger partial charge in [-0.1, -0.05) is 30.3 Å². The highest BCUT2D eigenvalue weighted by Crippen LogP contribution is 2.33. The number of hydrogen-bond acceptors (Lipinski definition) is 5. The van der Waals surface area contributed by atoms with Crippen molar-refractivity contribution in [2.75, 3.05) is 65.6 Å². The molecule has 0 unspecified atom stereocenters. The number of piperazine rings is 1. The number of hydrogen-bond donors (Lipinski definition) is 1. The molecule has 0 aliphatic carbocycles. The first kappa shape index (κ1) is 24.1. The van der Waals surface area contributed by atoms with Crippen LogP contribution >= 0.6 is 0 Å². The summed E-state index contributed by atoms with van der Waals surface area (Å²) in [6.45, 7) is 7.27. The summed E-state index contributed by atoms with van der Waals surface area (Å²) in [5.41, 5.74) is 1.33. The fraction of sp³-hybridized carbons (Fsp3) is 0.708. The Kier molecular flexibility index (Phi) is 7.25. The van der Waals surface area contributed by atoms with Gasteiger partial charge in [-0.25, -0.2) is 0 Å². The summed E-state index contributed by atoms with van der Waals surface area (Å²) in [6, 6.07) is 10.5. The van der Waals surface area contributed by atoms with E-state index in [9.17, 15) is 13.2 Å². The van der Waals surface area contributed by atoms with Crippen molar-refractivity contribution in [2.45, 2.75) is 38.0 Å². The maximum absolute atomic E-state index is 13.2. The van der Waals surface area contributed by atoms with Gasteiger partial charge in [-0.15, -0.1) is 0 Å². The minimum Gasteiger partial charge on any atom is -0.347 e. The van der Waals surface area contributed by atoms with Gasteiger partial charge >= 0.3 is 0 Å². The summed E-state index contributed by atoms with van der Waals surface area (Å²) in [5, 5.41) is 0. The summed E-state index contributed by atoms with van der Waals surface area (Å²) in [4.78, 5) is 16.6. The van der Waals surface area contributed by atoms with Crippen LogP contribution in [0.25, 0.3) is 0 Å². The number of nitrogens with zero attached hydrogens (tertiary/aromatic N) is 3. The van der Waals surface area contributed by atoms with Crippen LogP contribution in [0.4, 0.5) is 0 Å². The van der Waals surface area contributed by atoms with Crippen molar-refractivity contribution in [3.05, 3.63) is 35.9 Å². The van der Waals surface area contributed by atoms with E-state index in [-0.39, 0.29) is 11.8 Å². The Morgan fingerprint density at radius 3 is 2.12 bits per heavy atom. The molecule has 10 heteroatoms. The molecule has 4 saturated heterocycles. The average Bonchev–Trinajstić information content (AvgIpc) is 3.33. The molecule has 1 N–H and O–H groups in total. The number of carbonyl (C=O) groups is 1. The lowest BCUT2D eigenvalue weighted by atomic mass is 9.96. The largest absolute Gasteiger partial charge is 0.347 e. The Bertz CT molecular complexity index is 927. The molecule has 0 aromatic heterocycles. The smallest absolute Gasteiger partial charge is 0.281 e. The third kappa shape index (κ3) is 5.17. The van der Waals surface area contributed by atoms with Gasteiger partial charge in [0, 0.05) is 50.5 Å². The Balaban J connectivity index is 1.07. The van der Waals surface area contributed by atoms with Crippen LogP contribution in [0.2, 0.25) is 0 Å². The van der Waals surface area contributed by atoms with Gasteiger partial charge in [-0.2, -0.15) is 17.0 Å². The van der Waals surface area contributed by atoms with E-state index in [2.05, 4.69) is 24.3 Å². The monoisotopic (exact) mass is 493 g/mol. The minimum atomic E-state index is -3.52. The molecule has 1 spiro atoms. The van der Waals surface area contributed by atoms with Crippen molar-refractivity contribution in [2.24, 2.45) is 5.92 Å². The van der Waals surface area contributed by atoms with Gasteiger partial charge in [0.2, 0.25) is 5.91 Å². The van der Waals surface area contributed by atoms with Crippen molar-refractivity contribution in [3.63, 3.8) is 0 Å². The highest BCUT2D eigenvalue weighted by atomic mass is 32.2. The van der Waals surface area contributed by atoms with Crippen molar-refractivity contribution in [3.8, 4) is 0 Å². The van der Waals surface area contributed by atoms with Crippen LogP contribution in [0, 0.1) is 5.92 Å². The predicted molar refractivity (Wildman–Crippen MR) is 126 cm³/mol. The second kappa shape index (κ2) is 10.2. The van der Waals surface area contributed by atoms with Crippen molar-refractivity contribution in [1.29, 1.82) is 0 Å². The fourth-order valence-electron chi connectivity index (χ4n) is 5.70. The molecule has 34 heavy (non-hydrogen) atoms. The Labute approximate surface area is 202 Å². The molecule has 0 saturated carbocycles. The first-order valence-electron chi connectivity index (χ1n) is 12.6. The third-order valence-corrected chi connectivity index (χ3v) is 9.87. The molecule has 4 heterocycles. The van der Waals surface area contributed by atoms with E-state index in [4.69, 9.17) is 9.47 Å². The van der Waals surface area contributed by atoms with Crippen LogP contribution < -0.4 is 4.90 Å². The molecule has 1 amide bonds. The number of rotatable bonds is 5. The van der Waals surface area contributed by atoms with Crippen LogP contribution in [-0.2, 0) is 31.0 Å². The summed E-state index contributed by atoms with van der Waals surface area (Å²) in [6.07, 6.45) is 2.33. The van der Waals surface area contributed by atoms with Crippen LogP contribution in [0.15, 0.2) is 30.3 Å². The van der Waals surface area contributed by atoms with Crippen molar-refractivity contribution in [1.82, 2.24) is 13.5 Å². The Hall–Kier alpha value is -1.56. The number of ether oxygens (including phenoxy) is 2. The van der Waals surface area contributed by atoms with Crippen molar-refractivity contribution >= 4 is 16.1 Å². The van der Waals surface area contributed by atoms with Gasteiger partial charge in [-0.3, -0.25) is 4.79 Å². The SMILES string of the molecule is O=C(C1CCN(S(=O)(=O)N2CCC3(CC2)OCCO3)CC1)N1CC[NH+](Cc2ccccc2)CC1. The molecule has 0 atom stereocenters. The lowest BCUT2D eigenvalue weighted by Crippen LogP contribution is -3.13. The highest BCUT2D eigenvalue weighted by molar-refractivity contribution is 7.86. The van der Waals surface area contributed by atoms with Gasteiger partial charge in [0.15, 0.2) is 5.79 Å². The lowest BCUT2D eigenvalue weighted by molar-refractivity contribution is -0.917. The van der Waals surface area contributed by atoms with E-state index in [1.54, 1.807) is 8.61 Å². The first-order chi connectivity index (χ1) is 16.5. The number of amides is 1. The number of piperidine rings is 2. The lowest BCUT2D eigenvalue weighted by Gasteiger charge is -2.41. The second-order valence-electron chi connectivity index (χ2n) is 9.93. The molecular formula is C24H37N4O5S+. The number of quaternary nitrogens is 1. The fourth-order valence-corrected chi connectivity index (χ4v) is 7.35. The summed E-state index contributed by atoms with van der Waals surface area (Å²) >= 11 is 0. The zero-order chi connectivity index (χ0) is 23.6. The molecule has 4 aliphatic rings. The summed E-state index contributed by atoms with van der Waals surface area (Å²) in [7, 11) is -3.52. The maximum atomic E-state index is 13.2. The van der Waals surface area contributed by atoms with Crippen molar-refractivity contribution < 1.29 is 27.6 Å². The molecule has 9 nitrogen and oxygen atoms in total. The molecule has 1 aromatic rings. The predicted octanol–water partition coefficient (Wildman–Crippen LogP) is -0.291. The summed E-state index contributed by atoms with van der Waals surface area (Å²) in [5.74, 6) is -0.462. The quantitative estimate of drug-likeness (QED) is 0.610. The molecule has 0 radical (unpaired) electrons. The van der Waals surface area contributed by atoms with E-state index < -0.39 is 16.0 Å². The normalized spacial score (nSPS) is 25.7. The summed E-state index contributed by atoms with van der Waals surface area (Å²) < 4.78 is 40.9.